The zero-order valence-corrected chi connectivity index (χ0v) is 7.09. The summed E-state index contributed by atoms with van der Waals surface area (Å²) >= 11 is 0. The van der Waals surface area contributed by atoms with Gasteiger partial charge in [-0.1, -0.05) is 0 Å². The SMILES string of the molecule is Cc1cc(S(N)(=O)=O)nn1C. The maximum absolute atomic E-state index is 10.7. The van der Waals surface area contributed by atoms with Crippen molar-refractivity contribution in [1.82, 2.24) is 9.78 Å². The minimum absolute atomic E-state index is 0.0856. The van der Waals surface area contributed by atoms with Gasteiger partial charge >= 0.3 is 0 Å². The van der Waals surface area contributed by atoms with E-state index in [2.05, 4.69) is 5.10 Å². The van der Waals surface area contributed by atoms with E-state index in [0.717, 1.165) is 5.69 Å². The smallest absolute Gasteiger partial charge is 0.257 e. The van der Waals surface area contributed by atoms with Gasteiger partial charge in [-0.15, -0.1) is 0 Å². The van der Waals surface area contributed by atoms with Gasteiger partial charge in [0.25, 0.3) is 10.0 Å². The minimum atomic E-state index is -3.64. The van der Waals surface area contributed by atoms with Gasteiger partial charge in [0.2, 0.25) is 0 Å². The van der Waals surface area contributed by atoms with Gasteiger partial charge in [0.05, 0.1) is 0 Å². The fourth-order valence-corrected chi connectivity index (χ4v) is 1.24. The molecule has 62 valence electrons. The lowest BCUT2D eigenvalue weighted by Gasteiger charge is -1.89. The number of primary sulfonamides is 1. The highest BCUT2D eigenvalue weighted by molar-refractivity contribution is 7.89. The van der Waals surface area contributed by atoms with Crippen LogP contribution < -0.4 is 5.14 Å². The molecule has 0 amide bonds. The van der Waals surface area contributed by atoms with E-state index in [-0.39, 0.29) is 5.03 Å². The van der Waals surface area contributed by atoms with Gasteiger partial charge in [-0.05, 0) is 13.0 Å². The molecular formula is C5H9N3O2S. The Hall–Kier alpha value is -0.880. The van der Waals surface area contributed by atoms with E-state index in [1.807, 2.05) is 0 Å². The molecule has 0 saturated carbocycles. The van der Waals surface area contributed by atoms with Crippen LogP contribution in [0.3, 0.4) is 0 Å². The lowest BCUT2D eigenvalue weighted by molar-refractivity contribution is 0.589. The maximum Gasteiger partial charge on any atom is 0.257 e. The van der Waals surface area contributed by atoms with Crippen molar-refractivity contribution in [3.05, 3.63) is 11.8 Å². The molecule has 0 aliphatic heterocycles. The van der Waals surface area contributed by atoms with Crippen LogP contribution in [0.5, 0.6) is 0 Å². The molecular weight excluding hydrogens is 166 g/mol. The summed E-state index contributed by atoms with van der Waals surface area (Å²) in [5.41, 5.74) is 0.758. The van der Waals surface area contributed by atoms with Crippen molar-refractivity contribution < 1.29 is 8.42 Å². The molecule has 1 aromatic heterocycles. The molecule has 0 bridgehead atoms. The molecule has 0 radical (unpaired) electrons. The first-order chi connectivity index (χ1) is 4.91. The predicted molar refractivity (Wildman–Crippen MR) is 39.3 cm³/mol. The van der Waals surface area contributed by atoms with Crippen molar-refractivity contribution in [3.8, 4) is 0 Å². The van der Waals surface area contributed by atoms with E-state index >= 15 is 0 Å². The highest BCUT2D eigenvalue weighted by Gasteiger charge is 2.12. The Balaban J connectivity index is 3.29. The molecule has 11 heavy (non-hydrogen) atoms. The van der Waals surface area contributed by atoms with Gasteiger partial charge in [0.15, 0.2) is 5.03 Å². The number of nitrogens with zero attached hydrogens (tertiary/aromatic N) is 2. The lowest BCUT2D eigenvalue weighted by atomic mass is 10.5. The number of aryl methyl sites for hydroxylation is 2. The highest BCUT2D eigenvalue weighted by Crippen LogP contribution is 2.05. The third kappa shape index (κ3) is 1.58. The molecule has 0 fully saturated rings. The molecule has 0 unspecified atom stereocenters. The molecule has 0 atom stereocenters. The first-order valence-corrected chi connectivity index (χ1v) is 4.49. The number of aromatic nitrogens is 2. The molecule has 0 aliphatic carbocycles. The Labute approximate surface area is 64.9 Å². The zero-order valence-electron chi connectivity index (χ0n) is 6.27. The van der Waals surface area contributed by atoms with E-state index in [1.54, 1.807) is 14.0 Å². The molecule has 2 N–H and O–H groups in total. The van der Waals surface area contributed by atoms with Crippen LogP contribution in [0.2, 0.25) is 0 Å². The Kier molecular flexibility index (Phi) is 1.73. The summed E-state index contributed by atoms with van der Waals surface area (Å²) in [6, 6.07) is 1.43. The molecule has 0 spiro atoms. The van der Waals surface area contributed by atoms with Gasteiger partial charge in [-0.3, -0.25) is 4.68 Å². The van der Waals surface area contributed by atoms with Gasteiger partial charge in [-0.2, -0.15) is 5.10 Å². The number of hydrogen-bond acceptors (Lipinski definition) is 3. The molecule has 0 aliphatic rings. The first kappa shape index (κ1) is 8.22. The monoisotopic (exact) mass is 175 g/mol. The van der Waals surface area contributed by atoms with Crippen LogP contribution in [0.1, 0.15) is 5.69 Å². The second kappa shape index (κ2) is 2.31. The average molecular weight is 175 g/mol. The van der Waals surface area contributed by atoms with Crippen molar-refractivity contribution in [1.29, 1.82) is 0 Å². The standard InChI is InChI=1S/C5H9N3O2S/c1-4-3-5(7-8(4)2)11(6,9)10/h3H,1-2H3,(H2,6,9,10). The van der Waals surface area contributed by atoms with Gasteiger partial charge in [0, 0.05) is 12.7 Å². The van der Waals surface area contributed by atoms with Crippen LogP contribution in [0.4, 0.5) is 0 Å². The normalized spacial score (nSPS) is 11.9. The van der Waals surface area contributed by atoms with Crippen LogP contribution in [0, 0.1) is 6.92 Å². The fraction of sp³-hybridized carbons (Fsp3) is 0.400. The van der Waals surface area contributed by atoms with Crippen molar-refractivity contribution in [2.45, 2.75) is 11.9 Å². The lowest BCUT2D eigenvalue weighted by Crippen LogP contribution is -2.13. The third-order valence-electron chi connectivity index (χ3n) is 1.38. The van der Waals surface area contributed by atoms with Crippen LogP contribution in [0.25, 0.3) is 0 Å². The van der Waals surface area contributed by atoms with E-state index in [1.165, 1.54) is 10.7 Å². The largest absolute Gasteiger partial charge is 0.272 e. The summed E-state index contributed by atoms with van der Waals surface area (Å²) in [6.45, 7) is 1.75. The molecule has 6 heteroatoms. The minimum Gasteiger partial charge on any atom is -0.272 e. The van der Waals surface area contributed by atoms with Crippen molar-refractivity contribution in [3.63, 3.8) is 0 Å². The van der Waals surface area contributed by atoms with E-state index < -0.39 is 10.0 Å². The van der Waals surface area contributed by atoms with Gasteiger partial charge in [0.1, 0.15) is 0 Å². The number of nitrogens with two attached hydrogens (primary N) is 1. The topological polar surface area (TPSA) is 78.0 Å². The fourth-order valence-electron chi connectivity index (χ4n) is 0.667. The second-order valence-corrected chi connectivity index (χ2v) is 3.80. The average Bonchev–Trinajstić information content (AvgIpc) is 2.11. The number of sulfonamides is 1. The molecule has 1 aromatic rings. The van der Waals surface area contributed by atoms with Crippen LogP contribution in [-0.2, 0) is 17.1 Å². The molecule has 0 saturated heterocycles. The van der Waals surface area contributed by atoms with Crippen LogP contribution in [-0.4, -0.2) is 18.2 Å². The van der Waals surface area contributed by atoms with E-state index in [9.17, 15) is 8.42 Å². The second-order valence-electron chi connectivity index (χ2n) is 2.29. The Morgan fingerprint density at radius 2 is 2.18 bits per heavy atom. The first-order valence-electron chi connectivity index (χ1n) is 2.94. The Morgan fingerprint density at radius 1 is 1.64 bits per heavy atom. The Bertz CT molecular complexity index is 346. The summed E-state index contributed by atoms with van der Waals surface area (Å²) in [6.07, 6.45) is 0. The van der Waals surface area contributed by atoms with E-state index in [4.69, 9.17) is 5.14 Å². The number of rotatable bonds is 1. The summed E-state index contributed by atoms with van der Waals surface area (Å²) in [7, 11) is -1.98. The molecule has 5 nitrogen and oxygen atoms in total. The third-order valence-corrected chi connectivity index (χ3v) is 2.17. The quantitative estimate of drug-likeness (QED) is 0.617. The van der Waals surface area contributed by atoms with Crippen LogP contribution >= 0.6 is 0 Å². The zero-order chi connectivity index (χ0) is 8.65. The van der Waals surface area contributed by atoms with Gasteiger partial charge < -0.3 is 0 Å². The highest BCUT2D eigenvalue weighted by atomic mass is 32.2. The maximum atomic E-state index is 10.7. The summed E-state index contributed by atoms with van der Waals surface area (Å²) in [4.78, 5) is 0. The Morgan fingerprint density at radius 3 is 2.36 bits per heavy atom. The van der Waals surface area contributed by atoms with Crippen molar-refractivity contribution in [2.75, 3.05) is 0 Å². The molecule has 0 aromatic carbocycles. The summed E-state index contributed by atoms with van der Waals surface area (Å²) in [5.74, 6) is 0. The van der Waals surface area contributed by atoms with Gasteiger partial charge in [-0.25, -0.2) is 13.6 Å². The summed E-state index contributed by atoms with van der Waals surface area (Å²) in [5, 5.41) is 8.43. The summed E-state index contributed by atoms with van der Waals surface area (Å²) < 4.78 is 22.9. The number of hydrogen-bond donors (Lipinski definition) is 1. The van der Waals surface area contributed by atoms with E-state index in [0.29, 0.717) is 0 Å². The molecule has 1 rings (SSSR count). The predicted octanol–water partition coefficient (Wildman–Crippen LogP) is -0.624. The van der Waals surface area contributed by atoms with Crippen molar-refractivity contribution >= 4 is 10.0 Å². The van der Waals surface area contributed by atoms with Crippen LogP contribution in [0.15, 0.2) is 11.1 Å². The van der Waals surface area contributed by atoms with Crippen molar-refractivity contribution in [2.24, 2.45) is 12.2 Å². The molecule has 1 heterocycles.